The van der Waals surface area contributed by atoms with Crippen LogP contribution in [-0.2, 0) is 0 Å². The van der Waals surface area contributed by atoms with Crippen molar-refractivity contribution in [1.29, 1.82) is 0 Å². The topological polar surface area (TPSA) is 6.48 Å². The van der Waals surface area contributed by atoms with Crippen LogP contribution >= 0.6 is 0 Å². The zero-order chi connectivity index (χ0) is 53.3. The van der Waals surface area contributed by atoms with E-state index in [0.717, 1.165) is 45.3 Å². The summed E-state index contributed by atoms with van der Waals surface area (Å²) in [7, 11) is 0. The predicted octanol–water partition coefficient (Wildman–Crippen LogP) is 22.1. The Kier molecular flexibility index (Phi) is 11.7. The number of rotatable bonds is 9. The van der Waals surface area contributed by atoms with Gasteiger partial charge < -0.3 is 9.80 Å². The van der Waals surface area contributed by atoms with Crippen molar-refractivity contribution in [2.75, 3.05) is 9.80 Å². The summed E-state index contributed by atoms with van der Waals surface area (Å²) in [5.41, 5.74) is 20.2. The van der Waals surface area contributed by atoms with E-state index in [1.807, 2.05) is 0 Å². The molecule has 0 aliphatic heterocycles. The molecule has 0 unspecified atom stereocenters. The Morgan fingerprint density at radius 3 is 0.620 bits per heavy atom. The van der Waals surface area contributed by atoms with E-state index in [-0.39, 0.29) is 0 Å². The van der Waals surface area contributed by atoms with Gasteiger partial charge in [-0.05, 0) is 183 Å². The highest BCUT2D eigenvalue weighted by molar-refractivity contribution is 6.26. The van der Waals surface area contributed by atoms with Crippen molar-refractivity contribution in [2.24, 2.45) is 0 Å². The maximum atomic E-state index is 2.50. The Morgan fingerprint density at radius 2 is 0.392 bits per heavy atom. The summed E-state index contributed by atoms with van der Waals surface area (Å²) in [6.45, 7) is 10.9. The molecule has 0 fully saturated rings. The van der Waals surface area contributed by atoms with Gasteiger partial charge in [-0.25, -0.2) is 0 Å². The van der Waals surface area contributed by atoms with Crippen molar-refractivity contribution >= 4 is 98.8 Å². The maximum absolute atomic E-state index is 2.50. The van der Waals surface area contributed by atoms with Crippen LogP contribution in [0.15, 0.2) is 261 Å². The van der Waals surface area contributed by atoms with Crippen LogP contribution in [0.25, 0.3) is 98.0 Å². The van der Waals surface area contributed by atoms with Crippen LogP contribution < -0.4 is 9.80 Å². The highest BCUT2D eigenvalue weighted by Crippen LogP contribution is 2.53. The van der Waals surface area contributed by atoms with Crippen LogP contribution in [0.1, 0.15) is 27.8 Å². The Bertz CT molecular complexity index is 4190. The highest BCUT2D eigenvalue weighted by atomic mass is 15.2. The van der Waals surface area contributed by atoms with Gasteiger partial charge in [-0.15, -0.1) is 0 Å². The molecule has 0 amide bonds. The second-order valence-corrected chi connectivity index (χ2v) is 21.5. The second kappa shape index (κ2) is 19.4. The van der Waals surface area contributed by atoms with Crippen molar-refractivity contribution in [3.63, 3.8) is 0 Å². The minimum atomic E-state index is 1.12. The molecule has 0 heterocycles. The lowest BCUT2D eigenvalue weighted by atomic mass is 9.83. The van der Waals surface area contributed by atoms with E-state index in [9.17, 15) is 0 Å². The third-order valence-corrected chi connectivity index (χ3v) is 16.4. The van der Waals surface area contributed by atoms with Crippen molar-refractivity contribution in [3.05, 3.63) is 289 Å². The molecule has 14 aromatic carbocycles. The SMILES string of the molecule is Cc1ccc(N(c2ccc(C)cc2)c2c3ccccc3c(-c3cc(-c4c5ccccc5c(C)c5ccccc45)cc(-c4c5ccccc5c(N(c5ccc(C)cc5)c5ccc(C)cc5)c5ccccc45)c3)c3ccccc23)cc1. The van der Waals surface area contributed by atoms with Crippen LogP contribution in [0.2, 0.25) is 0 Å². The molecule has 0 spiro atoms. The number of hydrogen-bond donors (Lipinski definition) is 0. The van der Waals surface area contributed by atoms with Gasteiger partial charge in [0.1, 0.15) is 0 Å². The lowest BCUT2D eigenvalue weighted by Crippen LogP contribution is -2.11. The van der Waals surface area contributed by atoms with E-state index in [2.05, 4.69) is 305 Å². The maximum Gasteiger partial charge on any atom is 0.0618 e. The van der Waals surface area contributed by atoms with Crippen LogP contribution in [0.5, 0.6) is 0 Å². The highest BCUT2D eigenvalue weighted by Gasteiger charge is 2.26. The molecule has 0 N–H and O–H groups in total. The van der Waals surface area contributed by atoms with Gasteiger partial charge in [0, 0.05) is 44.3 Å². The van der Waals surface area contributed by atoms with Crippen LogP contribution in [0.4, 0.5) is 34.1 Å². The standard InChI is InChI=1S/C77H58N2/c1-49-30-38-57(39-31-49)78(58-40-32-50(2)33-41-58)76-69-26-14-10-22-65(69)74(66-23-11-15-27-70(66)76)55-46-54(73-63-20-8-6-18-61(63)53(5)62-19-7-9-21-64(62)73)47-56(48-55)75-67-24-12-16-28-71(67)77(72-29-17-13-25-68(72)75)79(59-42-34-51(3)35-43-59)60-44-36-52(4)37-45-60/h6-48H,1-5H3. The molecule has 0 saturated carbocycles. The van der Waals surface area contributed by atoms with Crippen LogP contribution in [0, 0.1) is 34.6 Å². The van der Waals surface area contributed by atoms with Gasteiger partial charge in [0.25, 0.3) is 0 Å². The summed E-state index contributed by atoms with van der Waals surface area (Å²) in [5, 5.41) is 14.5. The molecule has 0 aliphatic rings. The molecule has 0 aliphatic carbocycles. The molecule has 14 aromatic rings. The molecule has 0 radical (unpaired) electrons. The Morgan fingerprint density at radius 1 is 0.203 bits per heavy atom. The molecule has 376 valence electrons. The summed E-state index contributed by atoms with van der Waals surface area (Å²) < 4.78 is 0. The largest absolute Gasteiger partial charge is 0.309 e. The zero-order valence-corrected chi connectivity index (χ0v) is 45.2. The molecule has 2 heteroatoms. The molecule has 0 aromatic heterocycles. The van der Waals surface area contributed by atoms with Crippen molar-refractivity contribution < 1.29 is 0 Å². The quantitative estimate of drug-likeness (QED) is 0.133. The van der Waals surface area contributed by atoms with E-state index >= 15 is 0 Å². The van der Waals surface area contributed by atoms with Gasteiger partial charge in [-0.2, -0.15) is 0 Å². The molecule has 0 bridgehead atoms. The molecule has 2 nitrogen and oxygen atoms in total. The van der Waals surface area contributed by atoms with Crippen LogP contribution in [0.3, 0.4) is 0 Å². The van der Waals surface area contributed by atoms with Gasteiger partial charge >= 0.3 is 0 Å². The summed E-state index contributed by atoms with van der Waals surface area (Å²) >= 11 is 0. The first-order valence-electron chi connectivity index (χ1n) is 27.6. The van der Waals surface area contributed by atoms with Gasteiger partial charge in [0.2, 0.25) is 0 Å². The van der Waals surface area contributed by atoms with Crippen LogP contribution in [-0.4, -0.2) is 0 Å². The fourth-order valence-electron chi connectivity index (χ4n) is 12.6. The molecule has 0 saturated heterocycles. The number of benzene rings is 14. The first-order chi connectivity index (χ1) is 38.8. The number of anilines is 6. The lowest BCUT2D eigenvalue weighted by molar-refractivity contribution is 1.29. The summed E-state index contributed by atoms with van der Waals surface area (Å²) in [4.78, 5) is 4.94. The first kappa shape index (κ1) is 47.7. The number of hydrogen-bond acceptors (Lipinski definition) is 2. The predicted molar refractivity (Wildman–Crippen MR) is 341 cm³/mol. The van der Waals surface area contributed by atoms with E-state index < -0.39 is 0 Å². The normalized spacial score (nSPS) is 11.6. The van der Waals surface area contributed by atoms with Gasteiger partial charge in [0.15, 0.2) is 0 Å². The van der Waals surface area contributed by atoms with Gasteiger partial charge in [0.05, 0.1) is 11.4 Å². The molecule has 0 atom stereocenters. The van der Waals surface area contributed by atoms with E-state index in [4.69, 9.17) is 0 Å². The van der Waals surface area contributed by atoms with Crippen molar-refractivity contribution in [2.45, 2.75) is 34.6 Å². The third-order valence-electron chi connectivity index (χ3n) is 16.4. The summed E-state index contributed by atoms with van der Waals surface area (Å²) in [6, 6.07) is 97.8. The van der Waals surface area contributed by atoms with Gasteiger partial charge in [-0.1, -0.05) is 216 Å². The smallest absolute Gasteiger partial charge is 0.0618 e. The van der Waals surface area contributed by atoms with E-state index in [0.29, 0.717) is 0 Å². The van der Waals surface area contributed by atoms with Crippen molar-refractivity contribution in [1.82, 2.24) is 0 Å². The minimum Gasteiger partial charge on any atom is -0.309 e. The zero-order valence-electron chi connectivity index (χ0n) is 45.2. The molecular weight excluding hydrogens is 953 g/mol. The molecule has 79 heavy (non-hydrogen) atoms. The number of fused-ring (bicyclic) bond motifs is 6. The van der Waals surface area contributed by atoms with Gasteiger partial charge in [-0.3, -0.25) is 0 Å². The average molecular weight is 1010 g/mol. The Balaban J connectivity index is 1.12. The third kappa shape index (κ3) is 8.10. The fraction of sp³-hybridized carbons (Fsp3) is 0.0649. The second-order valence-electron chi connectivity index (χ2n) is 21.5. The minimum absolute atomic E-state index is 1.12. The number of nitrogens with zero attached hydrogens (tertiary/aromatic N) is 2. The summed E-state index contributed by atoms with van der Waals surface area (Å²) in [6.07, 6.45) is 0. The molecular formula is C77H58N2. The number of aryl methyl sites for hydroxylation is 5. The Labute approximate surface area is 462 Å². The fourth-order valence-corrected chi connectivity index (χ4v) is 12.6. The van der Waals surface area contributed by atoms with E-state index in [1.54, 1.807) is 0 Å². The Hall–Kier alpha value is -9.76. The average Bonchev–Trinajstić information content (AvgIpc) is 3.66. The summed E-state index contributed by atoms with van der Waals surface area (Å²) in [5.74, 6) is 0. The lowest BCUT2D eigenvalue weighted by Gasteiger charge is -2.30. The van der Waals surface area contributed by atoms with Crippen molar-refractivity contribution in [3.8, 4) is 33.4 Å². The van der Waals surface area contributed by atoms with E-state index in [1.165, 1.54) is 115 Å². The molecule has 14 rings (SSSR count). The monoisotopic (exact) mass is 1010 g/mol. The first-order valence-corrected chi connectivity index (χ1v) is 27.6.